The van der Waals surface area contributed by atoms with Gasteiger partial charge in [0.1, 0.15) is 0 Å². The smallest absolute Gasteiger partial charge is 0.279 e. The molecule has 2 aliphatic rings. The van der Waals surface area contributed by atoms with Gasteiger partial charge in [0.05, 0.1) is 22.5 Å². The number of hydrogen-bond acceptors (Lipinski definition) is 6. The van der Waals surface area contributed by atoms with Crippen LogP contribution in [0.1, 0.15) is 10.4 Å². The number of halogens is 1. The summed E-state index contributed by atoms with van der Waals surface area (Å²) >= 11 is 7.19. The molecule has 2 atom stereocenters. The number of anilines is 1. The highest BCUT2D eigenvalue weighted by Gasteiger charge is 2.49. The van der Waals surface area contributed by atoms with Crippen LogP contribution in [-0.2, 0) is 9.84 Å². The van der Waals surface area contributed by atoms with E-state index in [0.29, 0.717) is 15.9 Å². The number of nitro groups is 1. The molecule has 2 heterocycles. The molecule has 0 radical (unpaired) electrons. The molecule has 0 spiro atoms. The number of non-ortho nitro benzene ring substituents is 1. The quantitative estimate of drug-likeness (QED) is 0.520. The molecule has 0 saturated carbocycles. The zero-order chi connectivity index (χ0) is 20.8. The Morgan fingerprint density at radius 1 is 1.21 bits per heavy atom. The Balaban J connectivity index is 1.71. The highest BCUT2D eigenvalue weighted by molar-refractivity contribution is 8.16. The van der Waals surface area contributed by atoms with Crippen LogP contribution < -0.4 is 4.90 Å². The highest BCUT2D eigenvalue weighted by Crippen LogP contribution is 2.41. The van der Waals surface area contributed by atoms with Gasteiger partial charge in [-0.2, -0.15) is 4.99 Å². The zero-order valence-corrected chi connectivity index (χ0v) is 17.2. The predicted octanol–water partition coefficient (Wildman–Crippen LogP) is 3.16. The summed E-state index contributed by atoms with van der Waals surface area (Å²) in [5.74, 6) is -0.647. The van der Waals surface area contributed by atoms with Gasteiger partial charge in [-0.3, -0.25) is 14.9 Å². The van der Waals surface area contributed by atoms with Crippen molar-refractivity contribution in [3.63, 3.8) is 0 Å². The van der Waals surface area contributed by atoms with Gasteiger partial charge in [0, 0.05) is 33.7 Å². The summed E-state index contributed by atoms with van der Waals surface area (Å²) in [7, 11) is -3.18. The Morgan fingerprint density at radius 3 is 2.62 bits per heavy atom. The minimum Gasteiger partial charge on any atom is -0.316 e. The average Bonchev–Trinajstić information content (AvgIpc) is 3.13. The normalized spacial score (nSPS) is 23.9. The number of thioether (sulfide) groups is 1. The van der Waals surface area contributed by atoms with E-state index in [1.165, 1.54) is 36.0 Å². The number of benzene rings is 2. The predicted molar refractivity (Wildman–Crippen MR) is 113 cm³/mol. The fourth-order valence-corrected chi connectivity index (χ4v) is 7.41. The van der Waals surface area contributed by atoms with Crippen molar-refractivity contribution in [1.29, 1.82) is 0 Å². The molecule has 0 aliphatic carbocycles. The molecule has 1 amide bonds. The summed E-state index contributed by atoms with van der Waals surface area (Å²) in [4.78, 5) is 29.0. The monoisotopic (exact) mass is 451 g/mol. The van der Waals surface area contributed by atoms with Crippen LogP contribution in [0.25, 0.3) is 0 Å². The van der Waals surface area contributed by atoms with Crippen molar-refractivity contribution in [3.8, 4) is 0 Å². The van der Waals surface area contributed by atoms with Crippen LogP contribution in [0.5, 0.6) is 0 Å². The fraction of sp³-hybridized carbons (Fsp3) is 0.222. The number of amides is 1. The molecule has 0 aromatic heterocycles. The van der Waals surface area contributed by atoms with Crippen molar-refractivity contribution in [2.24, 2.45) is 4.99 Å². The van der Waals surface area contributed by atoms with Gasteiger partial charge in [-0.25, -0.2) is 8.42 Å². The van der Waals surface area contributed by atoms with Gasteiger partial charge in [0.2, 0.25) is 0 Å². The maximum absolute atomic E-state index is 12.7. The lowest BCUT2D eigenvalue weighted by atomic mass is 10.2. The van der Waals surface area contributed by atoms with Crippen molar-refractivity contribution in [1.82, 2.24) is 0 Å². The number of carbonyl (C=O) groups excluding carboxylic acids is 1. The summed E-state index contributed by atoms with van der Waals surface area (Å²) < 4.78 is 24.2. The van der Waals surface area contributed by atoms with Crippen LogP contribution in [0, 0.1) is 10.1 Å². The maximum Gasteiger partial charge on any atom is 0.279 e. The molecule has 2 fully saturated rings. The second-order valence-electron chi connectivity index (χ2n) is 6.65. The Kier molecular flexibility index (Phi) is 5.09. The van der Waals surface area contributed by atoms with E-state index >= 15 is 0 Å². The van der Waals surface area contributed by atoms with Crippen LogP contribution in [-0.4, -0.2) is 47.2 Å². The number of amidine groups is 1. The first kappa shape index (κ1) is 19.9. The van der Waals surface area contributed by atoms with Crippen LogP contribution in [0.2, 0.25) is 5.02 Å². The number of hydrogen-bond donors (Lipinski definition) is 0. The molecule has 150 valence electrons. The Bertz CT molecular complexity index is 1130. The average molecular weight is 452 g/mol. The molecule has 0 N–H and O–H groups in total. The summed E-state index contributed by atoms with van der Waals surface area (Å²) in [6.07, 6.45) is 0. The van der Waals surface area contributed by atoms with Gasteiger partial charge >= 0.3 is 0 Å². The standard InChI is InChI=1S/C18H14ClN3O5S2/c19-12-4-6-13(7-5-12)21-15-9-29(26,27)10-16(15)28-18(21)20-17(23)11-2-1-3-14(8-11)22(24)25/h1-8,15-16H,9-10H2/t15-,16-/m1/s1. The number of aliphatic imine (C=N–C) groups is 1. The van der Waals surface area contributed by atoms with Gasteiger partial charge in [0.15, 0.2) is 15.0 Å². The van der Waals surface area contributed by atoms with Gasteiger partial charge in [-0.1, -0.05) is 29.4 Å². The SMILES string of the molecule is O=C(N=C1S[C@@H]2CS(=O)(=O)C[C@H]2N1c1ccc(Cl)cc1)c1cccc([N+](=O)[O-])c1. The summed E-state index contributed by atoms with van der Waals surface area (Å²) in [5.41, 5.74) is 0.567. The summed E-state index contributed by atoms with van der Waals surface area (Å²) in [6, 6.07) is 11.8. The fourth-order valence-electron chi connectivity index (χ4n) is 3.37. The number of rotatable bonds is 3. The number of fused-ring (bicyclic) bond motifs is 1. The second kappa shape index (κ2) is 7.43. The molecule has 2 saturated heterocycles. The van der Waals surface area contributed by atoms with E-state index in [1.54, 1.807) is 29.2 Å². The molecule has 11 heteroatoms. The molecular weight excluding hydrogens is 438 g/mol. The lowest BCUT2D eigenvalue weighted by Crippen LogP contribution is -2.37. The number of nitro benzene ring substituents is 1. The topological polar surface area (TPSA) is 110 Å². The maximum atomic E-state index is 12.7. The molecule has 4 rings (SSSR count). The zero-order valence-electron chi connectivity index (χ0n) is 14.8. The molecule has 29 heavy (non-hydrogen) atoms. The van der Waals surface area contributed by atoms with E-state index in [2.05, 4.69) is 4.99 Å². The van der Waals surface area contributed by atoms with Crippen molar-refractivity contribution < 1.29 is 18.1 Å². The van der Waals surface area contributed by atoms with Crippen molar-refractivity contribution >= 4 is 55.6 Å². The van der Waals surface area contributed by atoms with Gasteiger partial charge in [0.25, 0.3) is 11.6 Å². The van der Waals surface area contributed by atoms with Crippen LogP contribution in [0.15, 0.2) is 53.5 Å². The van der Waals surface area contributed by atoms with Gasteiger partial charge in [-0.15, -0.1) is 0 Å². The van der Waals surface area contributed by atoms with E-state index in [4.69, 9.17) is 11.6 Å². The molecule has 8 nitrogen and oxygen atoms in total. The third-order valence-corrected chi connectivity index (χ3v) is 8.13. The third-order valence-electron chi connectivity index (χ3n) is 4.67. The molecule has 2 aromatic carbocycles. The summed E-state index contributed by atoms with van der Waals surface area (Å²) in [5, 5.41) is 11.6. The Hall–Kier alpha value is -2.43. The third kappa shape index (κ3) is 4.00. The Labute approximate surface area is 175 Å². The van der Waals surface area contributed by atoms with Crippen molar-refractivity contribution in [2.75, 3.05) is 16.4 Å². The van der Waals surface area contributed by atoms with Crippen LogP contribution in [0.3, 0.4) is 0 Å². The minimum absolute atomic E-state index is 0.0104. The minimum atomic E-state index is -3.18. The van der Waals surface area contributed by atoms with Crippen molar-refractivity contribution in [2.45, 2.75) is 11.3 Å². The van der Waals surface area contributed by atoms with E-state index in [1.807, 2.05) is 0 Å². The van der Waals surface area contributed by atoms with Crippen molar-refractivity contribution in [3.05, 3.63) is 69.2 Å². The van der Waals surface area contributed by atoms with Crippen LogP contribution in [0.4, 0.5) is 11.4 Å². The first-order valence-electron chi connectivity index (χ1n) is 8.53. The van der Waals surface area contributed by atoms with E-state index in [9.17, 15) is 23.3 Å². The molecule has 2 aromatic rings. The van der Waals surface area contributed by atoms with E-state index < -0.39 is 20.7 Å². The van der Waals surface area contributed by atoms with E-state index in [-0.39, 0.29) is 34.0 Å². The molecule has 2 aliphatic heterocycles. The van der Waals surface area contributed by atoms with E-state index in [0.717, 1.165) is 0 Å². The van der Waals surface area contributed by atoms with Gasteiger partial charge in [-0.05, 0) is 30.3 Å². The lowest BCUT2D eigenvalue weighted by Gasteiger charge is -2.24. The summed E-state index contributed by atoms with van der Waals surface area (Å²) in [6.45, 7) is 0. The first-order chi connectivity index (χ1) is 13.7. The second-order valence-corrected chi connectivity index (χ2v) is 10.5. The molecule has 0 bridgehead atoms. The molecular formula is C18H14ClN3O5S2. The van der Waals surface area contributed by atoms with Gasteiger partial charge < -0.3 is 4.90 Å². The Morgan fingerprint density at radius 2 is 1.93 bits per heavy atom. The highest BCUT2D eigenvalue weighted by atomic mass is 35.5. The lowest BCUT2D eigenvalue weighted by molar-refractivity contribution is -0.384. The largest absolute Gasteiger partial charge is 0.316 e. The van der Waals surface area contributed by atoms with Crippen LogP contribution >= 0.6 is 23.4 Å². The number of sulfone groups is 1. The number of nitrogens with zero attached hydrogens (tertiary/aromatic N) is 3. The number of carbonyl (C=O) groups is 1. The first-order valence-corrected chi connectivity index (χ1v) is 11.6. The molecule has 0 unspecified atom stereocenters.